The van der Waals surface area contributed by atoms with Crippen LogP contribution in [0.4, 0.5) is 0 Å². The summed E-state index contributed by atoms with van der Waals surface area (Å²) in [6, 6.07) is 5.11. The van der Waals surface area contributed by atoms with E-state index >= 15 is 0 Å². The predicted octanol–water partition coefficient (Wildman–Crippen LogP) is 1.14. The minimum atomic E-state index is 0.00556. The van der Waals surface area contributed by atoms with Gasteiger partial charge in [0.1, 0.15) is 11.5 Å². The SMILES string of the molecule is COc1cc(OCCc2cnn(C)c2)cc(/C(N)=N/O)c1. The lowest BCUT2D eigenvalue weighted by atomic mass is 10.2. The van der Waals surface area contributed by atoms with Gasteiger partial charge in [0, 0.05) is 31.3 Å². The monoisotopic (exact) mass is 290 g/mol. The van der Waals surface area contributed by atoms with Crippen molar-refractivity contribution in [3.05, 3.63) is 41.7 Å². The van der Waals surface area contributed by atoms with Gasteiger partial charge in [0.25, 0.3) is 0 Å². The largest absolute Gasteiger partial charge is 0.497 e. The summed E-state index contributed by atoms with van der Waals surface area (Å²) in [6.07, 6.45) is 4.48. The number of methoxy groups -OCH3 is 1. The molecular formula is C14H18N4O3. The van der Waals surface area contributed by atoms with Gasteiger partial charge in [-0.25, -0.2) is 0 Å². The van der Waals surface area contributed by atoms with Crippen molar-refractivity contribution in [3.8, 4) is 11.5 Å². The van der Waals surface area contributed by atoms with Gasteiger partial charge >= 0.3 is 0 Å². The van der Waals surface area contributed by atoms with Crippen molar-refractivity contribution in [2.45, 2.75) is 6.42 Å². The average Bonchev–Trinajstić information content (AvgIpc) is 2.91. The summed E-state index contributed by atoms with van der Waals surface area (Å²) >= 11 is 0. The molecule has 3 N–H and O–H groups in total. The third-order valence-corrected chi connectivity index (χ3v) is 2.94. The summed E-state index contributed by atoms with van der Waals surface area (Å²) in [4.78, 5) is 0. The highest BCUT2D eigenvalue weighted by Crippen LogP contribution is 2.23. The number of nitrogens with zero attached hydrogens (tertiary/aromatic N) is 3. The van der Waals surface area contributed by atoms with Crippen LogP contribution in [0, 0.1) is 0 Å². The Morgan fingerprint density at radius 2 is 2.14 bits per heavy atom. The number of nitrogens with two attached hydrogens (primary N) is 1. The zero-order chi connectivity index (χ0) is 15.2. The van der Waals surface area contributed by atoms with E-state index in [9.17, 15) is 0 Å². The summed E-state index contributed by atoms with van der Waals surface area (Å²) in [5.41, 5.74) is 7.22. The molecule has 0 amide bonds. The molecule has 0 atom stereocenters. The minimum Gasteiger partial charge on any atom is -0.497 e. The number of aromatic nitrogens is 2. The van der Waals surface area contributed by atoms with Crippen molar-refractivity contribution in [1.82, 2.24) is 9.78 Å². The number of hydrogen-bond acceptors (Lipinski definition) is 5. The molecule has 0 radical (unpaired) electrons. The quantitative estimate of drug-likeness (QED) is 0.360. The van der Waals surface area contributed by atoms with Gasteiger partial charge < -0.3 is 20.4 Å². The molecule has 0 aliphatic rings. The van der Waals surface area contributed by atoms with Crippen molar-refractivity contribution in [2.75, 3.05) is 13.7 Å². The highest BCUT2D eigenvalue weighted by atomic mass is 16.5. The van der Waals surface area contributed by atoms with Crippen LogP contribution in [0.2, 0.25) is 0 Å². The molecule has 7 nitrogen and oxygen atoms in total. The summed E-state index contributed by atoms with van der Waals surface area (Å²) in [7, 11) is 3.42. The first kappa shape index (κ1) is 14.7. The molecule has 2 rings (SSSR count). The van der Waals surface area contributed by atoms with Gasteiger partial charge in [0.2, 0.25) is 0 Å². The summed E-state index contributed by atoms with van der Waals surface area (Å²) < 4.78 is 12.6. The molecule has 0 unspecified atom stereocenters. The molecule has 0 aliphatic heterocycles. The maximum atomic E-state index is 8.74. The molecule has 0 spiro atoms. The fourth-order valence-corrected chi connectivity index (χ4v) is 1.87. The number of oxime groups is 1. The van der Waals surface area contributed by atoms with Gasteiger partial charge in [0.15, 0.2) is 5.84 Å². The lowest BCUT2D eigenvalue weighted by molar-refractivity contribution is 0.316. The molecule has 7 heteroatoms. The third-order valence-electron chi connectivity index (χ3n) is 2.94. The number of hydrogen-bond donors (Lipinski definition) is 2. The molecule has 112 valence electrons. The fraction of sp³-hybridized carbons (Fsp3) is 0.286. The summed E-state index contributed by atoms with van der Waals surface area (Å²) in [6.45, 7) is 0.495. The van der Waals surface area contributed by atoms with E-state index in [2.05, 4.69) is 10.3 Å². The summed E-state index contributed by atoms with van der Waals surface area (Å²) in [5.74, 6) is 1.18. The Bertz CT molecular complexity index is 637. The lowest BCUT2D eigenvalue weighted by Gasteiger charge is -2.10. The Morgan fingerprint density at radius 1 is 1.38 bits per heavy atom. The van der Waals surface area contributed by atoms with Gasteiger partial charge in [0.05, 0.1) is 19.9 Å². The number of amidine groups is 1. The molecular weight excluding hydrogens is 272 g/mol. The third kappa shape index (κ3) is 3.88. The van der Waals surface area contributed by atoms with Gasteiger partial charge in [-0.3, -0.25) is 4.68 Å². The van der Waals surface area contributed by atoms with Crippen LogP contribution in [-0.4, -0.2) is 34.5 Å². The van der Waals surface area contributed by atoms with Crippen molar-refractivity contribution >= 4 is 5.84 Å². The van der Waals surface area contributed by atoms with E-state index in [4.69, 9.17) is 20.4 Å². The molecule has 0 saturated heterocycles. The average molecular weight is 290 g/mol. The maximum Gasteiger partial charge on any atom is 0.170 e. The van der Waals surface area contributed by atoms with Crippen LogP contribution in [-0.2, 0) is 13.5 Å². The Hall–Kier alpha value is -2.70. The molecule has 0 saturated carbocycles. The lowest BCUT2D eigenvalue weighted by Crippen LogP contribution is -2.13. The van der Waals surface area contributed by atoms with E-state index in [1.807, 2.05) is 13.2 Å². The van der Waals surface area contributed by atoms with Crippen molar-refractivity contribution in [2.24, 2.45) is 17.9 Å². The van der Waals surface area contributed by atoms with Crippen LogP contribution >= 0.6 is 0 Å². The second kappa shape index (κ2) is 6.65. The van der Waals surface area contributed by atoms with Crippen molar-refractivity contribution in [1.29, 1.82) is 0 Å². The zero-order valence-corrected chi connectivity index (χ0v) is 12.0. The number of ether oxygens (including phenoxy) is 2. The second-order valence-electron chi connectivity index (χ2n) is 4.50. The highest BCUT2D eigenvalue weighted by molar-refractivity contribution is 5.97. The van der Waals surface area contributed by atoms with Gasteiger partial charge in [-0.05, 0) is 17.7 Å². The van der Waals surface area contributed by atoms with E-state index in [0.717, 1.165) is 12.0 Å². The van der Waals surface area contributed by atoms with Crippen LogP contribution in [0.5, 0.6) is 11.5 Å². The van der Waals surface area contributed by atoms with E-state index in [1.54, 1.807) is 36.2 Å². The Kier molecular flexibility index (Phi) is 4.65. The molecule has 21 heavy (non-hydrogen) atoms. The van der Waals surface area contributed by atoms with Crippen LogP contribution in [0.25, 0.3) is 0 Å². The van der Waals surface area contributed by atoms with Gasteiger partial charge in [-0.15, -0.1) is 0 Å². The number of rotatable bonds is 6. The van der Waals surface area contributed by atoms with E-state index in [1.165, 1.54) is 0 Å². The van der Waals surface area contributed by atoms with Crippen LogP contribution in [0.15, 0.2) is 35.7 Å². The molecule has 0 fully saturated rings. The van der Waals surface area contributed by atoms with Crippen molar-refractivity contribution < 1.29 is 14.7 Å². The Morgan fingerprint density at radius 3 is 2.76 bits per heavy atom. The molecule has 0 bridgehead atoms. The second-order valence-corrected chi connectivity index (χ2v) is 4.50. The first-order valence-electron chi connectivity index (χ1n) is 6.39. The van der Waals surface area contributed by atoms with Crippen LogP contribution in [0.3, 0.4) is 0 Å². The number of aryl methyl sites for hydroxylation is 1. The topological polar surface area (TPSA) is 94.9 Å². The molecule has 0 aliphatic carbocycles. The zero-order valence-electron chi connectivity index (χ0n) is 12.0. The van der Waals surface area contributed by atoms with E-state index in [-0.39, 0.29) is 5.84 Å². The number of benzene rings is 1. The standard InChI is InChI=1S/C14H18N4O3/c1-18-9-10(8-16-18)3-4-21-13-6-11(14(15)17-19)5-12(7-13)20-2/h5-9,19H,3-4H2,1-2H3,(H2,15,17). The molecule has 1 aromatic heterocycles. The predicted molar refractivity (Wildman–Crippen MR) is 77.9 cm³/mol. The fourth-order valence-electron chi connectivity index (χ4n) is 1.87. The van der Waals surface area contributed by atoms with E-state index < -0.39 is 0 Å². The van der Waals surface area contributed by atoms with Gasteiger partial charge in [-0.2, -0.15) is 5.10 Å². The highest BCUT2D eigenvalue weighted by Gasteiger charge is 2.06. The smallest absolute Gasteiger partial charge is 0.170 e. The first-order valence-corrected chi connectivity index (χ1v) is 6.39. The summed E-state index contributed by atoms with van der Waals surface area (Å²) in [5, 5.41) is 15.8. The molecule has 2 aromatic rings. The van der Waals surface area contributed by atoms with Crippen LogP contribution in [0.1, 0.15) is 11.1 Å². The van der Waals surface area contributed by atoms with Crippen molar-refractivity contribution in [3.63, 3.8) is 0 Å². The van der Waals surface area contributed by atoms with E-state index in [0.29, 0.717) is 23.7 Å². The molecule has 1 aromatic carbocycles. The Balaban J connectivity index is 2.05. The Labute approximate surface area is 122 Å². The minimum absolute atomic E-state index is 0.00556. The molecule has 1 heterocycles. The normalized spacial score (nSPS) is 11.4. The van der Waals surface area contributed by atoms with Crippen LogP contribution < -0.4 is 15.2 Å². The first-order chi connectivity index (χ1) is 10.1. The maximum absolute atomic E-state index is 8.74. The van der Waals surface area contributed by atoms with Gasteiger partial charge in [-0.1, -0.05) is 5.16 Å².